The lowest BCUT2D eigenvalue weighted by molar-refractivity contribution is -0.116. The molecule has 1 amide bonds. The van der Waals surface area contributed by atoms with E-state index in [4.69, 9.17) is 11.6 Å². The van der Waals surface area contributed by atoms with Crippen molar-refractivity contribution in [3.63, 3.8) is 0 Å². The smallest absolute Gasteiger partial charge is 0.244 e. The highest BCUT2D eigenvalue weighted by atomic mass is 35.5. The summed E-state index contributed by atoms with van der Waals surface area (Å²) in [7, 11) is 0. The van der Waals surface area contributed by atoms with Gasteiger partial charge in [-0.15, -0.1) is 0 Å². The molecule has 0 radical (unpaired) electrons. The first-order valence-corrected chi connectivity index (χ1v) is 8.75. The van der Waals surface area contributed by atoms with Crippen molar-refractivity contribution in [3.05, 3.63) is 83.6 Å². The second kappa shape index (κ2) is 7.21. The Morgan fingerprint density at radius 2 is 1.70 bits per heavy atom. The molecule has 0 aliphatic heterocycles. The number of imidazole rings is 1. The molecule has 0 saturated carbocycles. The molecule has 0 aliphatic rings. The number of amides is 1. The van der Waals surface area contributed by atoms with E-state index in [9.17, 15) is 9.18 Å². The normalized spacial score (nSPS) is 10.9. The number of aromatic nitrogens is 2. The van der Waals surface area contributed by atoms with Crippen molar-refractivity contribution < 1.29 is 9.18 Å². The Morgan fingerprint density at radius 3 is 2.48 bits per heavy atom. The summed E-state index contributed by atoms with van der Waals surface area (Å²) in [6, 6.07) is 20.9. The van der Waals surface area contributed by atoms with Gasteiger partial charge in [-0.2, -0.15) is 0 Å². The number of fused-ring (bicyclic) bond motifs is 1. The van der Waals surface area contributed by atoms with E-state index in [2.05, 4.69) is 10.3 Å². The van der Waals surface area contributed by atoms with Crippen LogP contribution in [0.1, 0.15) is 0 Å². The minimum atomic E-state index is -0.473. The third-order valence-corrected chi connectivity index (χ3v) is 4.46. The van der Waals surface area contributed by atoms with Gasteiger partial charge in [0.15, 0.2) is 0 Å². The topological polar surface area (TPSA) is 46.9 Å². The molecular formula is C21H15ClFN3O. The number of nitrogens with zero attached hydrogens (tertiary/aromatic N) is 2. The minimum Gasteiger partial charge on any atom is -0.322 e. The lowest BCUT2D eigenvalue weighted by Gasteiger charge is -2.11. The van der Waals surface area contributed by atoms with E-state index in [0.29, 0.717) is 10.8 Å². The molecule has 134 valence electrons. The van der Waals surface area contributed by atoms with Gasteiger partial charge in [-0.1, -0.05) is 35.9 Å². The molecule has 0 saturated heterocycles. The van der Waals surface area contributed by atoms with E-state index in [1.54, 1.807) is 24.3 Å². The number of carbonyl (C=O) groups is 1. The van der Waals surface area contributed by atoms with Gasteiger partial charge in [0, 0.05) is 10.6 Å². The van der Waals surface area contributed by atoms with Gasteiger partial charge < -0.3 is 9.88 Å². The van der Waals surface area contributed by atoms with Crippen molar-refractivity contribution in [2.75, 3.05) is 5.32 Å². The number of hydrogen-bond donors (Lipinski definition) is 1. The summed E-state index contributed by atoms with van der Waals surface area (Å²) in [6.45, 7) is 0.00675. The molecule has 6 heteroatoms. The molecule has 4 rings (SSSR count). The molecule has 1 N–H and O–H groups in total. The molecule has 0 fully saturated rings. The van der Waals surface area contributed by atoms with Gasteiger partial charge in [-0.3, -0.25) is 4.79 Å². The van der Waals surface area contributed by atoms with Crippen molar-refractivity contribution >= 4 is 34.2 Å². The van der Waals surface area contributed by atoms with Crippen LogP contribution in [0.4, 0.5) is 10.1 Å². The number of para-hydroxylation sites is 3. The van der Waals surface area contributed by atoms with Gasteiger partial charge >= 0.3 is 0 Å². The van der Waals surface area contributed by atoms with Crippen LogP contribution in [0.25, 0.3) is 22.4 Å². The highest BCUT2D eigenvalue weighted by molar-refractivity contribution is 6.30. The predicted molar refractivity (Wildman–Crippen MR) is 105 cm³/mol. The quantitative estimate of drug-likeness (QED) is 0.534. The fourth-order valence-electron chi connectivity index (χ4n) is 2.95. The lowest BCUT2D eigenvalue weighted by atomic mass is 10.2. The number of benzene rings is 3. The van der Waals surface area contributed by atoms with Crippen LogP contribution in [0.15, 0.2) is 72.8 Å². The minimum absolute atomic E-state index is 0.00675. The van der Waals surface area contributed by atoms with Crippen LogP contribution in [0.3, 0.4) is 0 Å². The summed E-state index contributed by atoms with van der Waals surface area (Å²) in [6.07, 6.45) is 0. The summed E-state index contributed by atoms with van der Waals surface area (Å²) in [4.78, 5) is 17.2. The average Bonchev–Trinajstić information content (AvgIpc) is 3.03. The van der Waals surface area contributed by atoms with Crippen LogP contribution in [-0.2, 0) is 11.3 Å². The van der Waals surface area contributed by atoms with Gasteiger partial charge in [-0.05, 0) is 48.5 Å². The van der Waals surface area contributed by atoms with Crippen molar-refractivity contribution in [2.45, 2.75) is 6.54 Å². The maximum absolute atomic E-state index is 13.8. The zero-order valence-corrected chi connectivity index (χ0v) is 14.9. The summed E-state index contributed by atoms with van der Waals surface area (Å²) < 4.78 is 15.6. The average molecular weight is 380 g/mol. The number of nitrogens with one attached hydrogen (secondary N) is 1. The van der Waals surface area contributed by atoms with Crippen molar-refractivity contribution in [1.82, 2.24) is 9.55 Å². The van der Waals surface area contributed by atoms with Crippen molar-refractivity contribution in [2.24, 2.45) is 0 Å². The van der Waals surface area contributed by atoms with E-state index in [-0.39, 0.29) is 18.1 Å². The van der Waals surface area contributed by atoms with E-state index in [0.717, 1.165) is 16.6 Å². The predicted octanol–water partition coefficient (Wildman–Crippen LogP) is 5.13. The summed E-state index contributed by atoms with van der Waals surface area (Å²) in [5.41, 5.74) is 2.60. The highest BCUT2D eigenvalue weighted by Gasteiger charge is 2.16. The SMILES string of the molecule is O=C(Cn1c(-c2ccc(Cl)cc2)nc2ccccc21)Nc1ccccc1F. The van der Waals surface area contributed by atoms with Gasteiger partial charge in [0.2, 0.25) is 5.91 Å². The Kier molecular flexibility index (Phi) is 4.60. The van der Waals surface area contributed by atoms with E-state index < -0.39 is 5.82 Å². The first kappa shape index (κ1) is 17.2. The van der Waals surface area contributed by atoms with Crippen LogP contribution in [0, 0.1) is 5.82 Å². The summed E-state index contributed by atoms with van der Waals surface area (Å²) in [5, 5.41) is 3.24. The first-order valence-electron chi connectivity index (χ1n) is 8.37. The van der Waals surface area contributed by atoms with Crippen LogP contribution in [-0.4, -0.2) is 15.5 Å². The molecule has 4 aromatic rings. The zero-order chi connectivity index (χ0) is 18.8. The second-order valence-electron chi connectivity index (χ2n) is 6.05. The fraction of sp³-hybridized carbons (Fsp3) is 0.0476. The number of hydrogen-bond acceptors (Lipinski definition) is 2. The molecule has 1 heterocycles. The van der Waals surface area contributed by atoms with Gasteiger partial charge in [0.25, 0.3) is 0 Å². The first-order chi connectivity index (χ1) is 13.1. The number of halogens is 2. The molecule has 0 unspecified atom stereocenters. The Labute approximate surface area is 160 Å². The standard InChI is InChI=1S/C21H15ClFN3O/c22-15-11-9-14(10-12-15)21-25-18-7-3-4-8-19(18)26(21)13-20(27)24-17-6-2-1-5-16(17)23/h1-12H,13H2,(H,24,27). The van der Waals surface area contributed by atoms with Gasteiger partial charge in [0.05, 0.1) is 16.7 Å². The Morgan fingerprint density at radius 1 is 1.00 bits per heavy atom. The van der Waals surface area contributed by atoms with Gasteiger partial charge in [0.1, 0.15) is 18.2 Å². The summed E-state index contributed by atoms with van der Waals surface area (Å²) in [5.74, 6) is -0.158. The molecular weight excluding hydrogens is 365 g/mol. The van der Waals surface area contributed by atoms with Crippen molar-refractivity contribution in [1.29, 1.82) is 0 Å². The Balaban J connectivity index is 1.71. The Bertz CT molecular complexity index is 1120. The number of rotatable bonds is 4. The fourth-order valence-corrected chi connectivity index (χ4v) is 3.08. The molecule has 4 nitrogen and oxygen atoms in total. The maximum atomic E-state index is 13.8. The second-order valence-corrected chi connectivity index (χ2v) is 6.48. The van der Waals surface area contributed by atoms with Crippen LogP contribution in [0.2, 0.25) is 5.02 Å². The molecule has 27 heavy (non-hydrogen) atoms. The Hall–Kier alpha value is -3.18. The number of anilines is 1. The monoisotopic (exact) mass is 379 g/mol. The van der Waals surface area contributed by atoms with E-state index in [1.807, 2.05) is 41.0 Å². The molecule has 0 aliphatic carbocycles. The van der Waals surface area contributed by atoms with Crippen LogP contribution in [0.5, 0.6) is 0 Å². The van der Waals surface area contributed by atoms with E-state index >= 15 is 0 Å². The third kappa shape index (κ3) is 3.55. The maximum Gasteiger partial charge on any atom is 0.244 e. The van der Waals surface area contributed by atoms with Crippen molar-refractivity contribution in [3.8, 4) is 11.4 Å². The third-order valence-electron chi connectivity index (χ3n) is 4.21. The molecule has 3 aromatic carbocycles. The molecule has 1 aromatic heterocycles. The highest BCUT2D eigenvalue weighted by Crippen LogP contribution is 2.26. The number of carbonyl (C=O) groups excluding carboxylic acids is 1. The van der Waals surface area contributed by atoms with Crippen LogP contribution < -0.4 is 5.32 Å². The largest absolute Gasteiger partial charge is 0.322 e. The molecule has 0 spiro atoms. The summed E-state index contributed by atoms with van der Waals surface area (Å²) >= 11 is 5.98. The van der Waals surface area contributed by atoms with E-state index in [1.165, 1.54) is 12.1 Å². The molecule has 0 bridgehead atoms. The van der Waals surface area contributed by atoms with Crippen LogP contribution >= 0.6 is 11.6 Å². The lowest BCUT2D eigenvalue weighted by Crippen LogP contribution is -2.20. The zero-order valence-electron chi connectivity index (χ0n) is 14.2. The van der Waals surface area contributed by atoms with Gasteiger partial charge in [-0.25, -0.2) is 9.37 Å². The molecule has 0 atom stereocenters.